The first-order chi connectivity index (χ1) is 8.06. The van der Waals surface area contributed by atoms with E-state index in [0.29, 0.717) is 5.56 Å². The molecule has 0 saturated carbocycles. The lowest BCUT2D eigenvalue weighted by Crippen LogP contribution is -2.11. The highest BCUT2D eigenvalue weighted by atomic mass is 19.1. The standard InChI is InChI=1S/C11H10FN3O2/c1-15-6-7(5-13-15)11(17)14-8-2-3-10(16)9(12)4-8/h2-6,16H,1H3,(H,14,17). The predicted molar refractivity (Wildman–Crippen MR) is 59.2 cm³/mol. The van der Waals surface area contributed by atoms with Gasteiger partial charge in [-0.2, -0.15) is 5.10 Å². The van der Waals surface area contributed by atoms with Crippen molar-refractivity contribution in [1.82, 2.24) is 9.78 Å². The fraction of sp³-hybridized carbons (Fsp3) is 0.0909. The maximum absolute atomic E-state index is 13.0. The molecule has 2 N–H and O–H groups in total. The van der Waals surface area contributed by atoms with E-state index in [1.807, 2.05) is 0 Å². The van der Waals surface area contributed by atoms with Crippen LogP contribution in [-0.2, 0) is 7.05 Å². The molecule has 88 valence electrons. The van der Waals surface area contributed by atoms with Gasteiger partial charge in [0, 0.05) is 25.0 Å². The summed E-state index contributed by atoms with van der Waals surface area (Å²) in [5, 5.41) is 15.3. The summed E-state index contributed by atoms with van der Waals surface area (Å²) >= 11 is 0. The zero-order valence-electron chi connectivity index (χ0n) is 9.01. The van der Waals surface area contributed by atoms with Gasteiger partial charge in [0.2, 0.25) is 0 Å². The molecule has 0 aliphatic heterocycles. The van der Waals surface area contributed by atoms with Crippen molar-refractivity contribution in [3.05, 3.63) is 42.0 Å². The summed E-state index contributed by atoms with van der Waals surface area (Å²) in [6, 6.07) is 3.63. The van der Waals surface area contributed by atoms with Gasteiger partial charge in [-0.25, -0.2) is 4.39 Å². The van der Waals surface area contributed by atoms with Gasteiger partial charge in [-0.1, -0.05) is 0 Å². The maximum Gasteiger partial charge on any atom is 0.258 e. The summed E-state index contributed by atoms with van der Waals surface area (Å²) in [4.78, 5) is 11.7. The van der Waals surface area contributed by atoms with Gasteiger partial charge in [0.1, 0.15) is 0 Å². The van der Waals surface area contributed by atoms with Gasteiger partial charge in [0.25, 0.3) is 5.91 Å². The van der Waals surface area contributed by atoms with Crippen molar-refractivity contribution in [1.29, 1.82) is 0 Å². The van der Waals surface area contributed by atoms with Crippen LogP contribution in [0.15, 0.2) is 30.6 Å². The zero-order valence-corrected chi connectivity index (χ0v) is 9.01. The van der Waals surface area contributed by atoms with Gasteiger partial charge >= 0.3 is 0 Å². The molecule has 1 heterocycles. The van der Waals surface area contributed by atoms with E-state index >= 15 is 0 Å². The number of anilines is 1. The fourth-order valence-corrected chi connectivity index (χ4v) is 1.33. The largest absolute Gasteiger partial charge is 0.505 e. The summed E-state index contributed by atoms with van der Waals surface area (Å²) in [5.41, 5.74) is 0.648. The van der Waals surface area contributed by atoms with Crippen molar-refractivity contribution in [3.8, 4) is 5.75 Å². The number of aryl methyl sites for hydroxylation is 1. The molecule has 0 atom stereocenters. The van der Waals surface area contributed by atoms with Gasteiger partial charge in [-0.05, 0) is 12.1 Å². The van der Waals surface area contributed by atoms with Crippen molar-refractivity contribution in [2.24, 2.45) is 7.05 Å². The average Bonchev–Trinajstić information content (AvgIpc) is 2.70. The summed E-state index contributed by atoms with van der Waals surface area (Å²) < 4.78 is 14.5. The van der Waals surface area contributed by atoms with E-state index < -0.39 is 11.6 Å². The number of carbonyl (C=O) groups is 1. The molecule has 0 unspecified atom stereocenters. The van der Waals surface area contributed by atoms with E-state index in [1.54, 1.807) is 13.2 Å². The number of rotatable bonds is 2. The van der Waals surface area contributed by atoms with Crippen LogP contribution in [0.5, 0.6) is 5.75 Å². The summed E-state index contributed by atoms with van der Waals surface area (Å²) in [7, 11) is 1.69. The minimum atomic E-state index is -0.783. The minimum absolute atomic E-state index is 0.272. The van der Waals surface area contributed by atoms with E-state index in [2.05, 4.69) is 10.4 Å². The number of aromatic hydroxyl groups is 1. The first-order valence-electron chi connectivity index (χ1n) is 4.85. The molecule has 0 aliphatic carbocycles. The molecule has 0 bridgehead atoms. The second-order valence-corrected chi connectivity index (χ2v) is 3.52. The number of phenolic OH excluding ortho intramolecular Hbond substituents is 1. The van der Waals surface area contributed by atoms with Crippen LogP contribution in [0, 0.1) is 5.82 Å². The quantitative estimate of drug-likeness (QED) is 0.775. The zero-order chi connectivity index (χ0) is 12.4. The SMILES string of the molecule is Cn1cc(C(=O)Nc2ccc(O)c(F)c2)cn1. The third kappa shape index (κ3) is 2.41. The molecule has 1 aromatic heterocycles. The molecule has 5 nitrogen and oxygen atoms in total. The Morgan fingerprint density at radius 1 is 1.53 bits per heavy atom. The molecular formula is C11H10FN3O2. The third-order valence-corrected chi connectivity index (χ3v) is 2.17. The molecule has 0 saturated heterocycles. The number of amides is 1. The van der Waals surface area contributed by atoms with Crippen molar-refractivity contribution in [2.45, 2.75) is 0 Å². The van der Waals surface area contributed by atoms with Crippen LogP contribution in [-0.4, -0.2) is 20.8 Å². The van der Waals surface area contributed by atoms with Crippen LogP contribution in [0.1, 0.15) is 10.4 Å². The smallest absolute Gasteiger partial charge is 0.258 e. The van der Waals surface area contributed by atoms with Crippen molar-refractivity contribution >= 4 is 11.6 Å². The van der Waals surface area contributed by atoms with E-state index in [-0.39, 0.29) is 11.6 Å². The van der Waals surface area contributed by atoms with Crippen LogP contribution in [0.4, 0.5) is 10.1 Å². The lowest BCUT2D eigenvalue weighted by Gasteiger charge is -2.04. The van der Waals surface area contributed by atoms with Gasteiger partial charge in [-0.15, -0.1) is 0 Å². The highest BCUT2D eigenvalue weighted by Crippen LogP contribution is 2.19. The fourth-order valence-electron chi connectivity index (χ4n) is 1.33. The lowest BCUT2D eigenvalue weighted by molar-refractivity contribution is 0.102. The average molecular weight is 235 g/mol. The summed E-state index contributed by atoms with van der Waals surface area (Å²) in [6.45, 7) is 0. The molecule has 0 aliphatic rings. The van der Waals surface area contributed by atoms with Crippen molar-refractivity contribution < 1.29 is 14.3 Å². The van der Waals surface area contributed by atoms with E-state index in [1.165, 1.54) is 23.0 Å². The molecule has 2 rings (SSSR count). The molecule has 1 aromatic carbocycles. The van der Waals surface area contributed by atoms with Gasteiger partial charge in [0.05, 0.1) is 11.8 Å². The topological polar surface area (TPSA) is 67.2 Å². The van der Waals surface area contributed by atoms with E-state index in [9.17, 15) is 9.18 Å². The van der Waals surface area contributed by atoms with Crippen molar-refractivity contribution in [2.75, 3.05) is 5.32 Å². The highest BCUT2D eigenvalue weighted by Gasteiger charge is 2.09. The molecule has 17 heavy (non-hydrogen) atoms. The number of aromatic nitrogens is 2. The van der Waals surface area contributed by atoms with Crippen LogP contribution in [0.25, 0.3) is 0 Å². The molecular weight excluding hydrogens is 225 g/mol. The number of carbonyl (C=O) groups excluding carboxylic acids is 1. The monoisotopic (exact) mass is 235 g/mol. The van der Waals surface area contributed by atoms with Crippen LogP contribution in [0.3, 0.4) is 0 Å². The number of benzene rings is 1. The van der Waals surface area contributed by atoms with E-state index in [4.69, 9.17) is 5.11 Å². The molecule has 0 fully saturated rings. The predicted octanol–water partition coefficient (Wildman–Crippen LogP) is 1.52. The Bertz CT molecular complexity index is 566. The van der Waals surface area contributed by atoms with Crippen LogP contribution < -0.4 is 5.32 Å². The number of hydrogen-bond acceptors (Lipinski definition) is 3. The van der Waals surface area contributed by atoms with Gasteiger partial charge in [-0.3, -0.25) is 9.48 Å². The molecule has 1 amide bonds. The number of phenols is 1. The second-order valence-electron chi connectivity index (χ2n) is 3.52. The Kier molecular flexibility index (Phi) is 2.78. The Hall–Kier alpha value is -2.37. The number of nitrogens with zero attached hydrogens (tertiary/aromatic N) is 2. The highest BCUT2D eigenvalue weighted by molar-refractivity contribution is 6.03. The molecule has 0 radical (unpaired) electrons. The van der Waals surface area contributed by atoms with Crippen LogP contribution >= 0.6 is 0 Å². The van der Waals surface area contributed by atoms with E-state index in [0.717, 1.165) is 6.07 Å². The molecule has 2 aromatic rings. The molecule has 6 heteroatoms. The Balaban J connectivity index is 2.15. The third-order valence-electron chi connectivity index (χ3n) is 2.17. The number of hydrogen-bond donors (Lipinski definition) is 2. The minimum Gasteiger partial charge on any atom is -0.505 e. The van der Waals surface area contributed by atoms with Crippen LogP contribution in [0.2, 0.25) is 0 Å². The van der Waals surface area contributed by atoms with Gasteiger partial charge < -0.3 is 10.4 Å². The lowest BCUT2D eigenvalue weighted by atomic mass is 10.2. The van der Waals surface area contributed by atoms with Gasteiger partial charge in [0.15, 0.2) is 11.6 Å². The number of halogens is 1. The Morgan fingerprint density at radius 2 is 2.29 bits per heavy atom. The Morgan fingerprint density at radius 3 is 2.88 bits per heavy atom. The normalized spacial score (nSPS) is 10.2. The first-order valence-corrected chi connectivity index (χ1v) is 4.85. The molecule has 0 spiro atoms. The maximum atomic E-state index is 13.0. The number of nitrogens with one attached hydrogen (secondary N) is 1. The summed E-state index contributed by atoms with van der Waals surface area (Å²) in [6.07, 6.45) is 2.96. The first kappa shape index (κ1) is 11.1. The second kappa shape index (κ2) is 4.25. The Labute approximate surface area is 96.5 Å². The van der Waals surface area contributed by atoms with Crippen molar-refractivity contribution in [3.63, 3.8) is 0 Å². The summed E-state index contributed by atoms with van der Waals surface area (Å²) in [5.74, 6) is -1.62.